The number of rotatable bonds is 2. The lowest BCUT2D eigenvalue weighted by atomic mass is 9.93. The van der Waals surface area contributed by atoms with Gasteiger partial charge in [0.05, 0.1) is 0 Å². The predicted octanol–water partition coefficient (Wildman–Crippen LogP) is 3.94. The van der Waals surface area contributed by atoms with E-state index >= 15 is 0 Å². The molecule has 0 aromatic rings. The summed E-state index contributed by atoms with van der Waals surface area (Å²) < 4.78 is 4.56. The molecule has 12 heavy (non-hydrogen) atoms. The summed E-state index contributed by atoms with van der Waals surface area (Å²) in [5.41, 5.74) is 0.363. The molecule has 0 aromatic carbocycles. The molecule has 0 aliphatic heterocycles. The molecular weight excluding hydrogens is 166 g/mol. The van der Waals surface area contributed by atoms with E-state index in [0.29, 0.717) is 5.41 Å². The standard InChI is InChI=1S/C10H21NS/c1-9(2,3)7-8-11-12-10(4,5)6/h8H,7H2,1-6H3. The summed E-state index contributed by atoms with van der Waals surface area (Å²) in [5, 5.41) is 0. The zero-order valence-electron chi connectivity index (χ0n) is 9.14. The van der Waals surface area contributed by atoms with Crippen molar-refractivity contribution >= 4 is 18.2 Å². The summed E-state index contributed by atoms with van der Waals surface area (Å²) in [6.45, 7) is 13.2. The molecule has 0 aliphatic rings. The van der Waals surface area contributed by atoms with Crippen molar-refractivity contribution in [3.63, 3.8) is 0 Å². The van der Waals surface area contributed by atoms with Gasteiger partial charge in [0.2, 0.25) is 0 Å². The first-order valence-corrected chi connectivity index (χ1v) is 5.18. The first-order valence-electron chi connectivity index (χ1n) is 4.41. The highest BCUT2D eigenvalue weighted by Gasteiger charge is 2.10. The Kier molecular flexibility index (Phi) is 4.32. The lowest BCUT2D eigenvalue weighted by Crippen LogP contribution is -2.07. The Bertz CT molecular complexity index is 130. The zero-order chi connectivity index (χ0) is 9.83. The third kappa shape index (κ3) is 10.0. The van der Waals surface area contributed by atoms with Crippen molar-refractivity contribution in [1.82, 2.24) is 0 Å². The largest absolute Gasteiger partial charge is 0.228 e. The lowest BCUT2D eigenvalue weighted by Gasteiger charge is -2.15. The van der Waals surface area contributed by atoms with Crippen molar-refractivity contribution in [2.75, 3.05) is 0 Å². The summed E-state index contributed by atoms with van der Waals surface area (Å²) in [5.74, 6) is 0. The molecule has 0 heterocycles. The van der Waals surface area contributed by atoms with Gasteiger partial charge >= 0.3 is 0 Å². The molecule has 1 nitrogen and oxygen atoms in total. The van der Waals surface area contributed by atoms with Gasteiger partial charge in [0, 0.05) is 11.0 Å². The van der Waals surface area contributed by atoms with Crippen molar-refractivity contribution in [3.8, 4) is 0 Å². The van der Waals surface area contributed by atoms with Crippen molar-refractivity contribution in [2.45, 2.75) is 52.7 Å². The predicted molar refractivity (Wildman–Crippen MR) is 59.9 cm³/mol. The summed E-state index contributed by atoms with van der Waals surface area (Å²) in [7, 11) is 0. The Hall–Kier alpha value is 0.0200. The van der Waals surface area contributed by atoms with Crippen LogP contribution in [0.25, 0.3) is 0 Å². The minimum absolute atomic E-state index is 0.244. The maximum atomic E-state index is 4.32. The quantitative estimate of drug-likeness (QED) is 0.471. The molecular formula is C10H21NS. The van der Waals surface area contributed by atoms with Crippen LogP contribution in [0.15, 0.2) is 4.40 Å². The number of nitrogens with zero attached hydrogens (tertiary/aromatic N) is 1. The van der Waals surface area contributed by atoms with E-state index in [1.54, 1.807) is 11.9 Å². The molecule has 0 aromatic heterocycles. The van der Waals surface area contributed by atoms with Gasteiger partial charge in [0.1, 0.15) is 0 Å². The third-order valence-corrected chi connectivity index (χ3v) is 1.91. The highest BCUT2D eigenvalue weighted by molar-refractivity contribution is 7.99. The molecule has 0 saturated carbocycles. The topological polar surface area (TPSA) is 12.4 Å². The molecule has 72 valence electrons. The van der Waals surface area contributed by atoms with Gasteiger partial charge in [-0.2, -0.15) is 0 Å². The van der Waals surface area contributed by atoms with Crippen LogP contribution < -0.4 is 0 Å². The Balaban J connectivity index is 3.66. The molecule has 0 aliphatic carbocycles. The fourth-order valence-corrected chi connectivity index (χ4v) is 0.972. The van der Waals surface area contributed by atoms with Crippen LogP contribution in [0.2, 0.25) is 0 Å². The van der Waals surface area contributed by atoms with Gasteiger partial charge in [-0.3, -0.25) is 0 Å². The molecule has 0 N–H and O–H groups in total. The van der Waals surface area contributed by atoms with Crippen LogP contribution >= 0.6 is 11.9 Å². The van der Waals surface area contributed by atoms with E-state index in [0.717, 1.165) is 6.42 Å². The highest BCUT2D eigenvalue weighted by atomic mass is 32.2. The fourth-order valence-electron chi connectivity index (χ4n) is 0.507. The van der Waals surface area contributed by atoms with Crippen molar-refractivity contribution in [3.05, 3.63) is 0 Å². The molecule has 0 unspecified atom stereocenters. The van der Waals surface area contributed by atoms with Crippen LogP contribution in [0.3, 0.4) is 0 Å². The molecule has 2 heteroatoms. The van der Waals surface area contributed by atoms with Crippen LogP contribution in [0.4, 0.5) is 0 Å². The van der Waals surface area contributed by atoms with E-state index in [1.807, 2.05) is 6.21 Å². The Morgan fingerprint density at radius 1 is 1.08 bits per heavy atom. The Morgan fingerprint density at radius 2 is 1.58 bits per heavy atom. The smallest absolute Gasteiger partial charge is 0.0294 e. The van der Waals surface area contributed by atoms with Crippen molar-refractivity contribution in [1.29, 1.82) is 0 Å². The second-order valence-corrected chi connectivity index (χ2v) is 6.87. The minimum Gasteiger partial charge on any atom is -0.228 e. The van der Waals surface area contributed by atoms with Crippen LogP contribution in [0.5, 0.6) is 0 Å². The second kappa shape index (κ2) is 4.31. The van der Waals surface area contributed by atoms with Crippen molar-refractivity contribution in [2.24, 2.45) is 9.81 Å². The number of hydrogen-bond donors (Lipinski definition) is 0. The number of hydrogen-bond acceptors (Lipinski definition) is 2. The van der Waals surface area contributed by atoms with E-state index in [-0.39, 0.29) is 4.75 Å². The molecule has 0 saturated heterocycles. The lowest BCUT2D eigenvalue weighted by molar-refractivity contribution is 0.438. The molecule has 0 spiro atoms. The third-order valence-electron chi connectivity index (χ3n) is 1.10. The molecule has 0 radical (unpaired) electrons. The van der Waals surface area contributed by atoms with Crippen LogP contribution in [-0.2, 0) is 0 Å². The second-order valence-electron chi connectivity index (χ2n) is 5.26. The highest BCUT2D eigenvalue weighted by Crippen LogP contribution is 2.24. The van der Waals surface area contributed by atoms with Crippen LogP contribution in [-0.4, -0.2) is 11.0 Å². The zero-order valence-corrected chi connectivity index (χ0v) is 9.96. The van der Waals surface area contributed by atoms with E-state index in [1.165, 1.54) is 0 Å². The van der Waals surface area contributed by atoms with Gasteiger partial charge < -0.3 is 0 Å². The molecule has 0 fully saturated rings. The van der Waals surface area contributed by atoms with Crippen LogP contribution in [0, 0.1) is 5.41 Å². The van der Waals surface area contributed by atoms with Gasteiger partial charge in [-0.1, -0.05) is 20.8 Å². The minimum atomic E-state index is 0.244. The Labute approximate surface area is 81.2 Å². The van der Waals surface area contributed by atoms with E-state index in [2.05, 4.69) is 45.9 Å². The summed E-state index contributed by atoms with van der Waals surface area (Å²) in [6, 6.07) is 0. The summed E-state index contributed by atoms with van der Waals surface area (Å²) in [4.78, 5) is 0. The van der Waals surface area contributed by atoms with Gasteiger partial charge in [0.15, 0.2) is 0 Å². The van der Waals surface area contributed by atoms with E-state index < -0.39 is 0 Å². The molecule has 0 bridgehead atoms. The molecule has 0 atom stereocenters. The normalized spacial score (nSPS) is 14.2. The molecule has 0 amide bonds. The first kappa shape index (κ1) is 12.0. The van der Waals surface area contributed by atoms with E-state index in [9.17, 15) is 0 Å². The van der Waals surface area contributed by atoms with Gasteiger partial charge in [0.25, 0.3) is 0 Å². The SMILES string of the molecule is CC(C)(C)CC=NSC(C)(C)C. The average Bonchev–Trinajstić information content (AvgIpc) is 1.76. The maximum absolute atomic E-state index is 4.32. The summed E-state index contributed by atoms with van der Waals surface area (Å²) in [6.07, 6.45) is 3.08. The molecule has 0 rings (SSSR count). The monoisotopic (exact) mass is 187 g/mol. The van der Waals surface area contributed by atoms with Gasteiger partial charge in [-0.05, 0) is 44.6 Å². The van der Waals surface area contributed by atoms with E-state index in [4.69, 9.17) is 0 Å². The van der Waals surface area contributed by atoms with Crippen molar-refractivity contribution < 1.29 is 0 Å². The average molecular weight is 187 g/mol. The summed E-state index contributed by atoms with van der Waals surface area (Å²) >= 11 is 1.64. The van der Waals surface area contributed by atoms with Crippen LogP contribution in [0.1, 0.15) is 48.0 Å². The van der Waals surface area contributed by atoms with Gasteiger partial charge in [-0.15, -0.1) is 0 Å². The van der Waals surface area contributed by atoms with Gasteiger partial charge in [-0.25, -0.2) is 4.40 Å². The fraction of sp³-hybridized carbons (Fsp3) is 0.900. The Morgan fingerprint density at radius 3 is 1.92 bits per heavy atom. The first-order chi connectivity index (χ1) is 5.21. The maximum Gasteiger partial charge on any atom is 0.0294 e.